The summed E-state index contributed by atoms with van der Waals surface area (Å²) in [6.07, 6.45) is 2.30. The first-order chi connectivity index (χ1) is 6.18. The molecule has 1 aromatic rings. The molecule has 1 unspecified atom stereocenters. The number of fused-ring (bicyclic) bond motifs is 1. The van der Waals surface area contributed by atoms with E-state index in [9.17, 15) is 5.11 Å². The summed E-state index contributed by atoms with van der Waals surface area (Å²) < 4.78 is 1.67. The quantitative estimate of drug-likeness (QED) is 0.709. The number of aromatic nitrogens is 3. The van der Waals surface area contributed by atoms with Crippen LogP contribution >= 0.6 is 0 Å². The fourth-order valence-electron chi connectivity index (χ4n) is 1.59. The number of hydrogen-bond acceptors (Lipinski definition) is 3. The molecule has 0 amide bonds. The van der Waals surface area contributed by atoms with Gasteiger partial charge in [0, 0.05) is 12.3 Å². The van der Waals surface area contributed by atoms with E-state index in [0.717, 1.165) is 30.9 Å². The Balaban J connectivity index is 2.36. The third-order valence-corrected chi connectivity index (χ3v) is 2.38. The number of aliphatic hydroxyl groups is 1. The van der Waals surface area contributed by atoms with Crippen LogP contribution in [0.25, 0.3) is 0 Å². The summed E-state index contributed by atoms with van der Waals surface area (Å²) in [5.41, 5.74) is 0. The minimum absolute atomic E-state index is 0.338. The van der Waals surface area contributed by atoms with E-state index in [1.54, 1.807) is 4.68 Å². The number of aliphatic hydroxyl groups excluding tert-OH is 1. The molecule has 0 saturated carbocycles. The second kappa shape index (κ2) is 3.10. The summed E-state index contributed by atoms with van der Waals surface area (Å²) in [6.45, 7) is 4.13. The molecule has 1 aromatic heterocycles. The van der Waals surface area contributed by atoms with Gasteiger partial charge >= 0.3 is 0 Å². The molecule has 0 aromatic carbocycles. The Kier molecular flexibility index (Phi) is 2.07. The van der Waals surface area contributed by atoms with E-state index in [2.05, 4.69) is 23.9 Å². The first kappa shape index (κ1) is 8.69. The number of nitrogens with zero attached hydrogens (tertiary/aromatic N) is 3. The smallest absolute Gasteiger partial charge is 0.153 e. The van der Waals surface area contributed by atoms with Gasteiger partial charge in [-0.2, -0.15) is 5.10 Å². The molecular weight excluding hydrogens is 166 g/mol. The lowest BCUT2D eigenvalue weighted by Gasteiger charge is -2.17. The Bertz CT molecular complexity index is 306. The van der Waals surface area contributed by atoms with E-state index in [1.807, 2.05) is 0 Å². The van der Waals surface area contributed by atoms with Crippen molar-refractivity contribution in [1.29, 1.82) is 0 Å². The van der Waals surface area contributed by atoms with Gasteiger partial charge in [-0.05, 0) is 12.8 Å². The summed E-state index contributed by atoms with van der Waals surface area (Å²) >= 11 is 0. The molecule has 4 nitrogen and oxygen atoms in total. The Morgan fingerprint density at radius 3 is 2.92 bits per heavy atom. The molecule has 13 heavy (non-hydrogen) atoms. The normalized spacial score (nSPS) is 22.0. The fraction of sp³-hybridized carbons (Fsp3) is 0.778. The fourth-order valence-corrected chi connectivity index (χ4v) is 1.59. The number of rotatable bonds is 1. The summed E-state index contributed by atoms with van der Waals surface area (Å²) in [4.78, 5) is 4.39. The van der Waals surface area contributed by atoms with Crippen LogP contribution in [-0.2, 0) is 6.42 Å². The predicted molar refractivity (Wildman–Crippen MR) is 48.3 cm³/mol. The average molecular weight is 181 g/mol. The van der Waals surface area contributed by atoms with Gasteiger partial charge in [0.1, 0.15) is 12.1 Å². The molecule has 1 N–H and O–H groups in total. The molecule has 0 saturated heterocycles. The highest BCUT2D eigenvalue weighted by atomic mass is 16.3. The third kappa shape index (κ3) is 1.46. The van der Waals surface area contributed by atoms with Crippen molar-refractivity contribution >= 4 is 0 Å². The lowest BCUT2D eigenvalue weighted by Crippen LogP contribution is -2.18. The topological polar surface area (TPSA) is 50.9 Å². The van der Waals surface area contributed by atoms with Gasteiger partial charge in [0.2, 0.25) is 0 Å². The Labute approximate surface area is 77.6 Å². The van der Waals surface area contributed by atoms with Crippen LogP contribution in [0.1, 0.15) is 50.5 Å². The van der Waals surface area contributed by atoms with Gasteiger partial charge in [0.15, 0.2) is 5.82 Å². The van der Waals surface area contributed by atoms with Crippen molar-refractivity contribution in [2.24, 2.45) is 0 Å². The first-order valence-electron chi connectivity index (χ1n) is 4.82. The summed E-state index contributed by atoms with van der Waals surface area (Å²) in [5.74, 6) is 2.11. The molecule has 0 aliphatic carbocycles. The number of hydrogen-bond donors (Lipinski definition) is 1. The van der Waals surface area contributed by atoms with E-state index >= 15 is 0 Å². The minimum Gasteiger partial charge on any atom is -0.372 e. The van der Waals surface area contributed by atoms with Crippen LogP contribution in [0.3, 0.4) is 0 Å². The molecule has 1 atom stereocenters. The molecular formula is C9H15N3O. The average Bonchev–Trinajstić information content (AvgIpc) is 2.49. The van der Waals surface area contributed by atoms with E-state index < -0.39 is 6.23 Å². The Morgan fingerprint density at radius 1 is 1.54 bits per heavy atom. The zero-order chi connectivity index (χ0) is 9.42. The summed E-state index contributed by atoms with van der Waals surface area (Å²) in [5, 5.41) is 13.9. The zero-order valence-electron chi connectivity index (χ0n) is 8.06. The SMILES string of the molecule is CC(C)c1nc2n(n1)C(O)CCC2. The van der Waals surface area contributed by atoms with Crippen molar-refractivity contribution < 1.29 is 5.11 Å². The molecule has 1 aliphatic heterocycles. The molecule has 1 aliphatic rings. The van der Waals surface area contributed by atoms with E-state index in [4.69, 9.17) is 0 Å². The van der Waals surface area contributed by atoms with Crippen LogP contribution in [0.15, 0.2) is 0 Å². The lowest BCUT2D eigenvalue weighted by molar-refractivity contribution is 0.0643. The van der Waals surface area contributed by atoms with E-state index in [-0.39, 0.29) is 0 Å². The van der Waals surface area contributed by atoms with Gasteiger partial charge in [-0.3, -0.25) is 0 Å². The molecule has 0 radical (unpaired) electrons. The third-order valence-electron chi connectivity index (χ3n) is 2.38. The predicted octanol–water partition coefficient (Wildman–Crippen LogP) is 1.23. The second-order valence-electron chi connectivity index (χ2n) is 3.86. The maximum Gasteiger partial charge on any atom is 0.153 e. The van der Waals surface area contributed by atoms with Gasteiger partial charge in [-0.15, -0.1) is 0 Å². The highest BCUT2D eigenvalue weighted by Crippen LogP contribution is 2.22. The van der Waals surface area contributed by atoms with Crippen LogP contribution < -0.4 is 0 Å². The maximum absolute atomic E-state index is 9.62. The first-order valence-corrected chi connectivity index (χ1v) is 4.82. The summed E-state index contributed by atoms with van der Waals surface area (Å²) in [7, 11) is 0. The van der Waals surface area contributed by atoms with Crippen molar-refractivity contribution in [3.05, 3.63) is 11.6 Å². The van der Waals surface area contributed by atoms with E-state index in [0.29, 0.717) is 5.92 Å². The van der Waals surface area contributed by atoms with Crippen LogP contribution in [0.5, 0.6) is 0 Å². The molecule has 0 bridgehead atoms. The Morgan fingerprint density at radius 2 is 2.31 bits per heavy atom. The van der Waals surface area contributed by atoms with Crippen molar-refractivity contribution in [2.75, 3.05) is 0 Å². The van der Waals surface area contributed by atoms with Crippen molar-refractivity contribution in [2.45, 2.75) is 45.3 Å². The molecule has 0 fully saturated rings. The maximum atomic E-state index is 9.62. The van der Waals surface area contributed by atoms with Gasteiger partial charge in [0.05, 0.1) is 0 Å². The summed E-state index contributed by atoms with van der Waals surface area (Å²) in [6, 6.07) is 0. The minimum atomic E-state index is -0.455. The van der Waals surface area contributed by atoms with E-state index in [1.165, 1.54) is 0 Å². The van der Waals surface area contributed by atoms with Crippen molar-refractivity contribution in [3.8, 4) is 0 Å². The van der Waals surface area contributed by atoms with Crippen LogP contribution in [-0.4, -0.2) is 19.9 Å². The van der Waals surface area contributed by atoms with Crippen molar-refractivity contribution in [1.82, 2.24) is 14.8 Å². The Hall–Kier alpha value is -0.900. The molecule has 72 valence electrons. The van der Waals surface area contributed by atoms with Crippen LogP contribution in [0, 0.1) is 0 Å². The largest absolute Gasteiger partial charge is 0.372 e. The van der Waals surface area contributed by atoms with Gasteiger partial charge < -0.3 is 5.11 Å². The lowest BCUT2D eigenvalue weighted by atomic mass is 10.1. The van der Waals surface area contributed by atoms with Gasteiger partial charge in [-0.25, -0.2) is 9.67 Å². The highest BCUT2D eigenvalue weighted by molar-refractivity contribution is 4.99. The second-order valence-corrected chi connectivity index (χ2v) is 3.86. The van der Waals surface area contributed by atoms with Gasteiger partial charge in [0.25, 0.3) is 0 Å². The zero-order valence-corrected chi connectivity index (χ0v) is 8.06. The van der Waals surface area contributed by atoms with Gasteiger partial charge in [-0.1, -0.05) is 13.8 Å². The molecule has 2 rings (SSSR count). The van der Waals surface area contributed by atoms with Crippen LogP contribution in [0.2, 0.25) is 0 Å². The monoisotopic (exact) mass is 181 g/mol. The number of aryl methyl sites for hydroxylation is 1. The van der Waals surface area contributed by atoms with Crippen molar-refractivity contribution in [3.63, 3.8) is 0 Å². The molecule has 2 heterocycles. The highest BCUT2D eigenvalue weighted by Gasteiger charge is 2.21. The standard InChI is InChI=1S/C9H15N3O/c1-6(2)9-10-7-4-3-5-8(13)12(7)11-9/h6,8,13H,3-5H2,1-2H3. The molecule has 4 heteroatoms. The van der Waals surface area contributed by atoms with Crippen LogP contribution in [0.4, 0.5) is 0 Å². The molecule has 0 spiro atoms.